The van der Waals surface area contributed by atoms with Crippen molar-refractivity contribution in [1.82, 2.24) is 10.3 Å². The smallest absolute Gasteiger partial charge is 0.183 e. The number of alkyl halides is 1. The van der Waals surface area contributed by atoms with Crippen LogP contribution in [0.25, 0.3) is 0 Å². The summed E-state index contributed by atoms with van der Waals surface area (Å²) in [6.45, 7) is 1.67. The maximum Gasteiger partial charge on any atom is 0.183 e. The van der Waals surface area contributed by atoms with Crippen LogP contribution >= 0.6 is 11.6 Å². The van der Waals surface area contributed by atoms with Crippen molar-refractivity contribution in [2.45, 2.75) is 32.2 Å². The molecule has 0 radical (unpaired) electrons. The summed E-state index contributed by atoms with van der Waals surface area (Å²) in [5.41, 5.74) is 0.884. The number of hydrogen-bond acceptors (Lipinski definition) is 4. The number of halogens is 1. The van der Waals surface area contributed by atoms with E-state index in [0.717, 1.165) is 23.9 Å². The summed E-state index contributed by atoms with van der Waals surface area (Å²) in [4.78, 5) is 4.39. The SMILES string of the molecule is COc1ccnc(CNCC2CCCCC2CCl)c1OC. The highest BCUT2D eigenvalue weighted by Crippen LogP contribution is 2.31. The third kappa shape index (κ3) is 4.24. The Hall–Kier alpha value is -1.00. The van der Waals surface area contributed by atoms with Gasteiger partial charge < -0.3 is 14.8 Å². The summed E-state index contributed by atoms with van der Waals surface area (Å²) >= 11 is 6.08. The molecule has 0 aromatic carbocycles. The number of nitrogens with zero attached hydrogens (tertiary/aromatic N) is 1. The summed E-state index contributed by atoms with van der Waals surface area (Å²) in [5.74, 6) is 3.53. The van der Waals surface area contributed by atoms with Crippen LogP contribution in [0.1, 0.15) is 31.4 Å². The van der Waals surface area contributed by atoms with E-state index < -0.39 is 0 Å². The summed E-state index contributed by atoms with van der Waals surface area (Å²) in [6.07, 6.45) is 6.92. The Balaban J connectivity index is 1.91. The third-order valence-corrected chi connectivity index (χ3v) is 4.73. The summed E-state index contributed by atoms with van der Waals surface area (Å²) < 4.78 is 10.7. The molecular formula is C16H25ClN2O2. The highest BCUT2D eigenvalue weighted by atomic mass is 35.5. The molecule has 0 aliphatic heterocycles. The normalized spacial score (nSPS) is 22.0. The maximum absolute atomic E-state index is 6.08. The van der Waals surface area contributed by atoms with Gasteiger partial charge in [0.15, 0.2) is 11.5 Å². The predicted octanol–water partition coefficient (Wildman–Crippen LogP) is 3.23. The average molecular weight is 313 g/mol. The monoisotopic (exact) mass is 312 g/mol. The minimum absolute atomic E-state index is 0.646. The number of ether oxygens (including phenoxy) is 2. The first-order valence-electron chi connectivity index (χ1n) is 7.62. The Morgan fingerprint density at radius 1 is 1.24 bits per heavy atom. The van der Waals surface area contributed by atoms with E-state index >= 15 is 0 Å². The van der Waals surface area contributed by atoms with Crippen LogP contribution in [0, 0.1) is 11.8 Å². The van der Waals surface area contributed by atoms with E-state index in [2.05, 4.69) is 10.3 Å². The number of hydrogen-bond donors (Lipinski definition) is 1. The first kappa shape index (κ1) is 16.4. The van der Waals surface area contributed by atoms with Crippen LogP contribution in [0.2, 0.25) is 0 Å². The van der Waals surface area contributed by atoms with Crippen LogP contribution in [0.4, 0.5) is 0 Å². The van der Waals surface area contributed by atoms with E-state index in [1.807, 2.05) is 6.07 Å². The summed E-state index contributed by atoms with van der Waals surface area (Å²) in [7, 11) is 3.29. The second kappa shape index (κ2) is 8.44. The molecule has 1 aliphatic carbocycles. The first-order valence-corrected chi connectivity index (χ1v) is 8.16. The van der Waals surface area contributed by atoms with E-state index in [1.54, 1.807) is 20.4 Å². The third-order valence-electron chi connectivity index (χ3n) is 4.33. The largest absolute Gasteiger partial charge is 0.493 e. The second-order valence-corrected chi connectivity index (χ2v) is 5.89. The quantitative estimate of drug-likeness (QED) is 0.785. The molecule has 0 amide bonds. The van der Waals surface area contributed by atoms with Gasteiger partial charge in [-0.2, -0.15) is 0 Å². The van der Waals surface area contributed by atoms with Crippen molar-refractivity contribution in [3.05, 3.63) is 18.0 Å². The molecular weight excluding hydrogens is 288 g/mol. The molecule has 1 fully saturated rings. The van der Waals surface area contributed by atoms with Gasteiger partial charge >= 0.3 is 0 Å². The topological polar surface area (TPSA) is 43.4 Å². The van der Waals surface area contributed by atoms with E-state index in [-0.39, 0.29) is 0 Å². The summed E-state index contributed by atoms with van der Waals surface area (Å²) in [6, 6.07) is 1.81. The number of pyridine rings is 1. The fourth-order valence-corrected chi connectivity index (χ4v) is 3.52. The van der Waals surface area contributed by atoms with Crippen molar-refractivity contribution >= 4 is 11.6 Å². The number of aromatic nitrogens is 1. The zero-order valence-electron chi connectivity index (χ0n) is 12.9. The van der Waals surface area contributed by atoms with Gasteiger partial charge in [0.05, 0.1) is 19.9 Å². The van der Waals surface area contributed by atoms with Crippen LogP contribution in [-0.2, 0) is 6.54 Å². The molecule has 1 N–H and O–H groups in total. The van der Waals surface area contributed by atoms with Gasteiger partial charge in [-0.25, -0.2) is 0 Å². The van der Waals surface area contributed by atoms with Crippen LogP contribution in [0.3, 0.4) is 0 Å². The lowest BCUT2D eigenvalue weighted by atomic mass is 9.80. The molecule has 118 valence electrons. The van der Waals surface area contributed by atoms with Gasteiger partial charge in [0, 0.05) is 24.7 Å². The van der Waals surface area contributed by atoms with Crippen molar-refractivity contribution in [3.63, 3.8) is 0 Å². The van der Waals surface area contributed by atoms with Gasteiger partial charge in [0.1, 0.15) is 0 Å². The van der Waals surface area contributed by atoms with Gasteiger partial charge in [0.2, 0.25) is 0 Å². The zero-order valence-corrected chi connectivity index (χ0v) is 13.7. The summed E-state index contributed by atoms with van der Waals surface area (Å²) in [5, 5.41) is 3.51. The van der Waals surface area contributed by atoms with Crippen molar-refractivity contribution in [2.75, 3.05) is 26.6 Å². The molecule has 21 heavy (non-hydrogen) atoms. The minimum Gasteiger partial charge on any atom is -0.493 e. The molecule has 2 atom stereocenters. The Morgan fingerprint density at radius 3 is 2.67 bits per heavy atom. The van der Waals surface area contributed by atoms with Crippen LogP contribution < -0.4 is 14.8 Å². The molecule has 5 heteroatoms. The lowest BCUT2D eigenvalue weighted by Crippen LogP contribution is -2.31. The van der Waals surface area contributed by atoms with Gasteiger partial charge in [-0.05, 0) is 31.2 Å². The fourth-order valence-electron chi connectivity index (χ4n) is 3.11. The molecule has 0 spiro atoms. The lowest BCUT2D eigenvalue weighted by Gasteiger charge is -2.30. The minimum atomic E-state index is 0.646. The van der Waals surface area contributed by atoms with Crippen molar-refractivity contribution in [2.24, 2.45) is 11.8 Å². The standard InChI is InChI=1S/C16H25ClN2O2/c1-20-15-7-8-19-14(16(15)21-2)11-18-10-13-6-4-3-5-12(13)9-17/h7-8,12-13,18H,3-6,9-11H2,1-2H3. The molecule has 1 heterocycles. The maximum atomic E-state index is 6.08. The van der Waals surface area contributed by atoms with Crippen LogP contribution in [0.15, 0.2) is 12.3 Å². The van der Waals surface area contributed by atoms with E-state index in [1.165, 1.54) is 25.7 Å². The molecule has 2 rings (SSSR count). The highest BCUT2D eigenvalue weighted by molar-refractivity contribution is 6.18. The molecule has 2 unspecified atom stereocenters. The Labute approximate surface area is 132 Å². The lowest BCUT2D eigenvalue weighted by molar-refractivity contribution is 0.250. The number of methoxy groups -OCH3 is 2. The number of nitrogens with one attached hydrogen (secondary N) is 1. The zero-order chi connectivity index (χ0) is 15.1. The van der Waals surface area contributed by atoms with Crippen molar-refractivity contribution in [3.8, 4) is 11.5 Å². The molecule has 0 saturated heterocycles. The van der Waals surface area contributed by atoms with Crippen molar-refractivity contribution < 1.29 is 9.47 Å². The molecule has 1 aliphatic rings. The fraction of sp³-hybridized carbons (Fsp3) is 0.688. The Morgan fingerprint density at radius 2 is 2.00 bits per heavy atom. The average Bonchev–Trinajstić information content (AvgIpc) is 2.54. The molecule has 1 aromatic heterocycles. The highest BCUT2D eigenvalue weighted by Gasteiger charge is 2.24. The first-order chi connectivity index (χ1) is 10.3. The van der Waals surface area contributed by atoms with Crippen LogP contribution in [-0.4, -0.2) is 31.6 Å². The molecule has 0 bridgehead atoms. The second-order valence-electron chi connectivity index (χ2n) is 5.58. The molecule has 1 aromatic rings. The predicted molar refractivity (Wildman–Crippen MR) is 85.2 cm³/mol. The molecule has 1 saturated carbocycles. The molecule has 4 nitrogen and oxygen atoms in total. The van der Waals surface area contributed by atoms with Crippen LogP contribution in [0.5, 0.6) is 11.5 Å². The van der Waals surface area contributed by atoms with E-state index in [9.17, 15) is 0 Å². The van der Waals surface area contributed by atoms with E-state index in [4.69, 9.17) is 21.1 Å². The Bertz CT molecular complexity index is 442. The van der Waals surface area contributed by atoms with Gasteiger partial charge in [0.25, 0.3) is 0 Å². The van der Waals surface area contributed by atoms with Gasteiger partial charge in [-0.3, -0.25) is 4.98 Å². The van der Waals surface area contributed by atoms with E-state index in [0.29, 0.717) is 24.1 Å². The Kier molecular flexibility index (Phi) is 6.58. The van der Waals surface area contributed by atoms with Gasteiger partial charge in [-0.15, -0.1) is 11.6 Å². The van der Waals surface area contributed by atoms with Crippen molar-refractivity contribution in [1.29, 1.82) is 0 Å². The number of rotatable bonds is 7. The van der Waals surface area contributed by atoms with Gasteiger partial charge in [-0.1, -0.05) is 12.8 Å².